The Morgan fingerprint density at radius 3 is 2.58 bits per heavy atom. The molecule has 0 radical (unpaired) electrons. The first-order chi connectivity index (χ1) is 8.97. The minimum Gasteiger partial charge on any atom is -0.497 e. The van der Waals surface area contributed by atoms with Gasteiger partial charge in [0.2, 0.25) is 5.91 Å². The summed E-state index contributed by atoms with van der Waals surface area (Å²) in [7, 11) is 1.56. The van der Waals surface area contributed by atoms with Crippen molar-refractivity contribution in [3.8, 4) is 11.8 Å². The van der Waals surface area contributed by atoms with Gasteiger partial charge in [-0.15, -0.1) is 0 Å². The van der Waals surface area contributed by atoms with Crippen molar-refractivity contribution in [3.63, 3.8) is 0 Å². The predicted octanol–water partition coefficient (Wildman–Crippen LogP) is 1.89. The SMILES string of the molecule is COc1ccc(C#N)c(NC(C)C(=O)NC(C)C)c1. The lowest BCUT2D eigenvalue weighted by Gasteiger charge is -2.18. The lowest BCUT2D eigenvalue weighted by Crippen LogP contribution is -2.41. The van der Waals surface area contributed by atoms with Crippen LogP contribution in [-0.2, 0) is 4.79 Å². The van der Waals surface area contributed by atoms with E-state index in [1.54, 1.807) is 32.2 Å². The summed E-state index contributed by atoms with van der Waals surface area (Å²) in [6, 6.07) is 6.81. The Kier molecular flexibility index (Phi) is 5.19. The summed E-state index contributed by atoms with van der Waals surface area (Å²) >= 11 is 0. The number of nitrogens with one attached hydrogen (secondary N) is 2. The monoisotopic (exact) mass is 261 g/mol. The molecule has 0 aliphatic carbocycles. The lowest BCUT2D eigenvalue weighted by molar-refractivity contribution is -0.122. The molecule has 0 bridgehead atoms. The number of amides is 1. The van der Waals surface area contributed by atoms with Crippen molar-refractivity contribution < 1.29 is 9.53 Å². The molecule has 1 atom stereocenters. The Morgan fingerprint density at radius 2 is 2.05 bits per heavy atom. The number of ether oxygens (including phenoxy) is 1. The van der Waals surface area contributed by atoms with Crippen LogP contribution >= 0.6 is 0 Å². The fourth-order valence-electron chi connectivity index (χ4n) is 1.58. The Bertz CT molecular complexity index is 492. The number of benzene rings is 1. The topological polar surface area (TPSA) is 74.1 Å². The first-order valence-corrected chi connectivity index (χ1v) is 6.13. The Balaban J connectivity index is 2.86. The molecule has 5 nitrogen and oxygen atoms in total. The molecule has 0 aliphatic heterocycles. The molecule has 0 saturated heterocycles. The van der Waals surface area contributed by atoms with Crippen molar-refractivity contribution in [1.29, 1.82) is 5.26 Å². The molecule has 0 saturated carbocycles. The van der Waals surface area contributed by atoms with E-state index in [-0.39, 0.29) is 11.9 Å². The molecular formula is C14H19N3O2. The third kappa shape index (κ3) is 4.18. The zero-order valence-electron chi connectivity index (χ0n) is 11.7. The number of hydrogen-bond donors (Lipinski definition) is 2. The average Bonchev–Trinajstić information content (AvgIpc) is 2.37. The Morgan fingerprint density at radius 1 is 1.37 bits per heavy atom. The molecule has 0 aliphatic rings. The van der Waals surface area contributed by atoms with Crippen LogP contribution in [0.1, 0.15) is 26.3 Å². The molecule has 5 heteroatoms. The van der Waals surface area contributed by atoms with E-state index >= 15 is 0 Å². The third-order valence-electron chi connectivity index (χ3n) is 2.54. The predicted molar refractivity (Wildman–Crippen MR) is 74.1 cm³/mol. The van der Waals surface area contributed by atoms with Crippen LogP contribution in [0.3, 0.4) is 0 Å². The fourth-order valence-corrected chi connectivity index (χ4v) is 1.58. The molecule has 0 heterocycles. The van der Waals surface area contributed by atoms with E-state index in [4.69, 9.17) is 10.00 Å². The summed E-state index contributed by atoms with van der Waals surface area (Å²) in [5.74, 6) is 0.527. The van der Waals surface area contributed by atoms with Crippen LogP contribution in [0.25, 0.3) is 0 Å². The van der Waals surface area contributed by atoms with Gasteiger partial charge < -0.3 is 15.4 Å². The van der Waals surface area contributed by atoms with Gasteiger partial charge in [-0.05, 0) is 32.9 Å². The molecular weight excluding hydrogens is 242 g/mol. The molecule has 0 spiro atoms. The zero-order valence-corrected chi connectivity index (χ0v) is 11.7. The number of rotatable bonds is 5. The smallest absolute Gasteiger partial charge is 0.242 e. The molecule has 1 amide bonds. The number of anilines is 1. The summed E-state index contributed by atoms with van der Waals surface area (Å²) in [4.78, 5) is 11.8. The minimum atomic E-state index is -0.429. The Labute approximate surface area is 113 Å². The molecule has 19 heavy (non-hydrogen) atoms. The molecule has 1 aromatic rings. The van der Waals surface area contributed by atoms with Gasteiger partial charge in [0.25, 0.3) is 0 Å². The highest BCUT2D eigenvalue weighted by molar-refractivity contribution is 5.85. The maximum absolute atomic E-state index is 11.8. The number of hydrogen-bond acceptors (Lipinski definition) is 4. The normalized spacial score (nSPS) is 11.6. The quantitative estimate of drug-likeness (QED) is 0.849. The van der Waals surface area contributed by atoms with Crippen molar-refractivity contribution in [1.82, 2.24) is 5.32 Å². The molecule has 0 fully saturated rings. The van der Waals surface area contributed by atoms with Crippen LogP contribution in [0.5, 0.6) is 5.75 Å². The van der Waals surface area contributed by atoms with Gasteiger partial charge in [0.15, 0.2) is 0 Å². The van der Waals surface area contributed by atoms with E-state index in [1.807, 2.05) is 13.8 Å². The van der Waals surface area contributed by atoms with Gasteiger partial charge in [-0.25, -0.2) is 0 Å². The number of carbonyl (C=O) groups excluding carboxylic acids is 1. The van der Waals surface area contributed by atoms with Crippen LogP contribution in [0.15, 0.2) is 18.2 Å². The second kappa shape index (κ2) is 6.64. The summed E-state index contributed by atoms with van der Waals surface area (Å²) in [5.41, 5.74) is 1.07. The van der Waals surface area contributed by atoms with Crippen LogP contribution in [0.2, 0.25) is 0 Å². The van der Waals surface area contributed by atoms with Crippen LogP contribution < -0.4 is 15.4 Å². The number of methoxy groups -OCH3 is 1. The Hall–Kier alpha value is -2.22. The standard InChI is InChI=1S/C14H19N3O2/c1-9(2)16-14(18)10(3)17-13-7-12(19-4)6-5-11(13)8-15/h5-7,9-10,17H,1-4H3,(H,16,18). The second-order valence-electron chi connectivity index (χ2n) is 4.55. The molecule has 102 valence electrons. The van der Waals surface area contributed by atoms with Crippen LogP contribution in [0.4, 0.5) is 5.69 Å². The van der Waals surface area contributed by atoms with Crippen molar-refractivity contribution in [3.05, 3.63) is 23.8 Å². The second-order valence-corrected chi connectivity index (χ2v) is 4.55. The van der Waals surface area contributed by atoms with Crippen LogP contribution in [-0.4, -0.2) is 25.1 Å². The van der Waals surface area contributed by atoms with Gasteiger partial charge in [0, 0.05) is 12.1 Å². The third-order valence-corrected chi connectivity index (χ3v) is 2.54. The van der Waals surface area contributed by atoms with Gasteiger partial charge in [0.1, 0.15) is 17.9 Å². The van der Waals surface area contributed by atoms with E-state index in [9.17, 15) is 4.79 Å². The lowest BCUT2D eigenvalue weighted by atomic mass is 10.1. The average molecular weight is 261 g/mol. The molecule has 1 rings (SSSR count). The van der Waals surface area contributed by atoms with Gasteiger partial charge in [0.05, 0.1) is 18.4 Å². The summed E-state index contributed by atoms with van der Waals surface area (Å²) in [5, 5.41) is 14.9. The molecule has 0 aromatic heterocycles. The maximum atomic E-state index is 11.8. The van der Waals surface area contributed by atoms with Crippen molar-refractivity contribution in [2.45, 2.75) is 32.9 Å². The van der Waals surface area contributed by atoms with Crippen molar-refractivity contribution in [2.75, 3.05) is 12.4 Å². The summed E-state index contributed by atoms with van der Waals surface area (Å²) in [6.45, 7) is 5.55. The van der Waals surface area contributed by atoms with Gasteiger partial charge >= 0.3 is 0 Å². The van der Waals surface area contributed by atoms with Gasteiger partial charge in [-0.3, -0.25) is 4.79 Å². The van der Waals surface area contributed by atoms with E-state index in [0.29, 0.717) is 17.0 Å². The first kappa shape index (κ1) is 14.8. The summed E-state index contributed by atoms with van der Waals surface area (Å²) in [6.07, 6.45) is 0. The van der Waals surface area contributed by atoms with Gasteiger partial charge in [-0.2, -0.15) is 5.26 Å². The molecule has 1 aromatic carbocycles. The van der Waals surface area contributed by atoms with E-state index in [0.717, 1.165) is 0 Å². The zero-order chi connectivity index (χ0) is 14.4. The number of carbonyl (C=O) groups is 1. The number of nitrogens with zero attached hydrogens (tertiary/aromatic N) is 1. The van der Waals surface area contributed by atoms with Crippen LogP contribution in [0, 0.1) is 11.3 Å². The summed E-state index contributed by atoms with van der Waals surface area (Å²) < 4.78 is 5.11. The maximum Gasteiger partial charge on any atom is 0.242 e. The number of nitriles is 1. The van der Waals surface area contributed by atoms with E-state index in [2.05, 4.69) is 16.7 Å². The highest BCUT2D eigenvalue weighted by atomic mass is 16.5. The largest absolute Gasteiger partial charge is 0.497 e. The van der Waals surface area contributed by atoms with Crippen molar-refractivity contribution in [2.24, 2.45) is 0 Å². The van der Waals surface area contributed by atoms with Crippen molar-refractivity contribution >= 4 is 11.6 Å². The highest BCUT2D eigenvalue weighted by Crippen LogP contribution is 2.22. The van der Waals surface area contributed by atoms with Gasteiger partial charge in [-0.1, -0.05) is 0 Å². The van der Waals surface area contributed by atoms with E-state index < -0.39 is 6.04 Å². The highest BCUT2D eigenvalue weighted by Gasteiger charge is 2.15. The minimum absolute atomic E-state index is 0.0810. The molecule has 2 N–H and O–H groups in total. The first-order valence-electron chi connectivity index (χ1n) is 6.13. The van der Waals surface area contributed by atoms with E-state index in [1.165, 1.54) is 0 Å². The fraction of sp³-hybridized carbons (Fsp3) is 0.429. The molecule has 1 unspecified atom stereocenters.